The van der Waals surface area contributed by atoms with Gasteiger partial charge in [0.1, 0.15) is 0 Å². The Morgan fingerprint density at radius 3 is 1.83 bits per heavy atom. The van der Waals surface area contributed by atoms with E-state index in [1.54, 1.807) is 0 Å². The first-order valence-electron chi connectivity index (χ1n) is 8.12. The van der Waals surface area contributed by atoms with E-state index < -0.39 is 0 Å². The molecule has 0 fully saturated rings. The van der Waals surface area contributed by atoms with E-state index in [9.17, 15) is 0 Å². The van der Waals surface area contributed by atoms with E-state index in [-0.39, 0.29) is 0 Å². The average molecular weight is 309 g/mol. The van der Waals surface area contributed by atoms with Gasteiger partial charge in [0.25, 0.3) is 0 Å². The zero-order valence-electron chi connectivity index (χ0n) is 13.2. The van der Waals surface area contributed by atoms with Crippen LogP contribution >= 0.6 is 0 Å². The molecule has 0 aromatic rings. The van der Waals surface area contributed by atoms with Gasteiger partial charge in [-0.2, -0.15) is 0 Å². The van der Waals surface area contributed by atoms with Crippen LogP contribution in [0.15, 0.2) is 21.1 Å². The van der Waals surface area contributed by atoms with Gasteiger partial charge in [-0.25, -0.2) is 0 Å². The molecule has 0 aromatic heterocycles. The van der Waals surface area contributed by atoms with Gasteiger partial charge in [0.05, 0.1) is 0 Å². The molecule has 1 aliphatic rings. The Morgan fingerprint density at radius 2 is 1.33 bits per heavy atom. The third-order valence-electron chi connectivity index (χ3n) is 4.27. The zero-order valence-corrected chi connectivity index (χ0v) is 17.4. The third-order valence-corrected chi connectivity index (χ3v) is 7.00. The van der Waals surface area contributed by atoms with Gasteiger partial charge in [-0.3, -0.25) is 0 Å². The van der Waals surface area contributed by atoms with Gasteiger partial charge < -0.3 is 0 Å². The maximum atomic E-state index is 2.35. The summed E-state index contributed by atoms with van der Waals surface area (Å²) in [4.78, 5) is 0. The van der Waals surface area contributed by atoms with Crippen LogP contribution in [-0.4, -0.2) is 16.5 Å². The fourth-order valence-electron chi connectivity index (χ4n) is 3.55. The topological polar surface area (TPSA) is 0 Å². The number of rotatable bonds is 8. The normalized spacial score (nSPS) is 20.3. The van der Waals surface area contributed by atoms with Crippen LogP contribution in [0, 0.1) is 5.92 Å². The molecule has 1 heteroatoms. The first kappa shape index (κ1) is 16.1. The van der Waals surface area contributed by atoms with Crippen LogP contribution in [0.25, 0.3) is 0 Å². The van der Waals surface area contributed by atoms with Crippen LogP contribution in [0.5, 0.6) is 0 Å². The summed E-state index contributed by atoms with van der Waals surface area (Å²) in [6.45, 7) is 9.36. The van der Waals surface area contributed by atoms with Gasteiger partial charge in [0, 0.05) is 0 Å². The summed E-state index contributed by atoms with van der Waals surface area (Å²) in [5.41, 5.74) is 5.48. The maximum absolute atomic E-state index is 2.35. The number of hydrogen-bond donors (Lipinski definition) is 0. The summed E-state index contributed by atoms with van der Waals surface area (Å²) in [5, 5.41) is 0. The fourth-order valence-corrected chi connectivity index (χ4v) is 6.04. The summed E-state index contributed by atoms with van der Waals surface area (Å²) >= 11 is 0.881. The zero-order chi connectivity index (χ0) is 13.5. The van der Waals surface area contributed by atoms with Crippen molar-refractivity contribution in [3.63, 3.8) is 0 Å². The second kappa shape index (κ2) is 8.25. The Bertz CT molecular complexity index is 323. The van der Waals surface area contributed by atoms with Crippen molar-refractivity contribution in [2.24, 2.45) is 5.92 Å². The molecular weight excluding hydrogens is 277 g/mol. The Morgan fingerprint density at radius 1 is 0.778 bits per heavy atom. The van der Waals surface area contributed by atoms with Crippen molar-refractivity contribution in [1.29, 1.82) is 0 Å². The second-order valence-electron chi connectivity index (χ2n) is 5.76. The monoisotopic (exact) mass is 310 g/mol. The molecule has 0 saturated heterocycles. The van der Waals surface area contributed by atoms with Crippen molar-refractivity contribution < 1.29 is 0 Å². The average Bonchev–Trinajstić information content (AvgIpc) is 2.58. The summed E-state index contributed by atoms with van der Waals surface area (Å²) < 4.78 is 1.90. The molecule has 1 rings (SSSR count). The van der Waals surface area contributed by atoms with Gasteiger partial charge in [0.15, 0.2) is 0 Å². The van der Waals surface area contributed by atoms with Gasteiger partial charge in [-0.1, -0.05) is 0 Å². The summed E-state index contributed by atoms with van der Waals surface area (Å²) in [6, 6.07) is 0. The fraction of sp³-hybridized carbons (Fsp3) is 0.765. The van der Waals surface area contributed by atoms with Crippen molar-refractivity contribution in [3.05, 3.63) is 21.1 Å². The SMILES string of the molecule is CCCC1=[C]([GeH3])C(CCC)C(CCC)=C1CCC. The standard InChI is InChI=1S/C17H32Ge/c1-5-9-13-14(10-6-2)16(12-8-4)17(18)15(13)11-7-3/h15H,5-12H2,1-4,18H3. The molecule has 0 radical (unpaired) electrons. The quantitative estimate of drug-likeness (QED) is 0.569. The van der Waals surface area contributed by atoms with E-state index in [2.05, 4.69) is 27.7 Å². The van der Waals surface area contributed by atoms with E-state index in [1.165, 1.54) is 51.4 Å². The molecule has 1 aliphatic carbocycles. The molecule has 0 nitrogen and oxygen atoms in total. The predicted molar refractivity (Wildman–Crippen MR) is 87.1 cm³/mol. The van der Waals surface area contributed by atoms with E-state index in [0.29, 0.717) is 0 Å². The van der Waals surface area contributed by atoms with Crippen molar-refractivity contribution in [3.8, 4) is 0 Å². The first-order valence-corrected chi connectivity index (χ1v) is 10.2. The molecule has 1 unspecified atom stereocenters. The van der Waals surface area contributed by atoms with Crippen molar-refractivity contribution in [1.82, 2.24) is 0 Å². The Hall–Kier alpha value is 0.0229. The molecule has 0 spiro atoms. The Balaban J connectivity index is 3.08. The molecule has 104 valence electrons. The molecule has 0 aromatic carbocycles. The number of hydrogen-bond acceptors (Lipinski definition) is 0. The van der Waals surface area contributed by atoms with E-state index in [1.807, 2.05) is 21.1 Å². The van der Waals surface area contributed by atoms with E-state index in [0.717, 1.165) is 22.4 Å². The molecule has 0 N–H and O–H groups in total. The minimum atomic E-state index is 0.873. The second-order valence-corrected chi connectivity index (χ2v) is 8.02. The van der Waals surface area contributed by atoms with Crippen LogP contribution in [0.2, 0.25) is 0 Å². The summed E-state index contributed by atoms with van der Waals surface area (Å²) in [6.07, 6.45) is 10.7. The van der Waals surface area contributed by atoms with Gasteiger partial charge in [0.2, 0.25) is 0 Å². The van der Waals surface area contributed by atoms with E-state index in [4.69, 9.17) is 0 Å². The molecule has 0 bridgehead atoms. The Labute approximate surface area is 123 Å². The van der Waals surface area contributed by atoms with Crippen LogP contribution in [0.3, 0.4) is 0 Å². The van der Waals surface area contributed by atoms with Gasteiger partial charge >= 0.3 is 123 Å². The van der Waals surface area contributed by atoms with Crippen LogP contribution < -0.4 is 0 Å². The molecule has 0 heterocycles. The minimum absolute atomic E-state index is 0.873. The van der Waals surface area contributed by atoms with Crippen LogP contribution in [0.1, 0.15) is 79.1 Å². The third kappa shape index (κ3) is 3.53. The van der Waals surface area contributed by atoms with Crippen LogP contribution in [-0.2, 0) is 0 Å². The molecule has 1 atom stereocenters. The van der Waals surface area contributed by atoms with Crippen molar-refractivity contribution in [2.75, 3.05) is 0 Å². The summed E-state index contributed by atoms with van der Waals surface area (Å²) in [7, 11) is 0. The van der Waals surface area contributed by atoms with Crippen LogP contribution in [0.4, 0.5) is 0 Å². The molecule has 18 heavy (non-hydrogen) atoms. The molecule has 0 amide bonds. The molecule has 0 aliphatic heterocycles. The molecular formula is C17H32Ge. The van der Waals surface area contributed by atoms with Crippen molar-refractivity contribution in [2.45, 2.75) is 79.1 Å². The Kier molecular flexibility index (Phi) is 7.36. The first-order chi connectivity index (χ1) is 8.71. The van der Waals surface area contributed by atoms with Gasteiger partial charge in [-0.15, -0.1) is 0 Å². The summed E-state index contributed by atoms with van der Waals surface area (Å²) in [5.74, 6) is 0.873. The molecule has 0 saturated carbocycles. The predicted octanol–water partition coefficient (Wildman–Crippen LogP) is 4.73. The number of allylic oxidation sites excluding steroid dienone is 4. The van der Waals surface area contributed by atoms with E-state index >= 15 is 0 Å². The van der Waals surface area contributed by atoms with Crippen molar-refractivity contribution >= 4 is 16.5 Å². The van der Waals surface area contributed by atoms with Gasteiger partial charge in [-0.05, 0) is 0 Å².